The summed E-state index contributed by atoms with van der Waals surface area (Å²) in [6, 6.07) is 3.26. The van der Waals surface area contributed by atoms with Crippen molar-refractivity contribution in [2.24, 2.45) is 0 Å². The number of carboxylic acids is 1. The van der Waals surface area contributed by atoms with E-state index < -0.39 is 23.7 Å². The first kappa shape index (κ1) is 15.8. The van der Waals surface area contributed by atoms with Gasteiger partial charge in [0.05, 0.1) is 5.37 Å². The zero-order valence-electron chi connectivity index (χ0n) is 12.0. The molecule has 21 heavy (non-hydrogen) atoms. The lowest BCUT2D eigenvalue weighted by atomic mass is 10.1. The van der Waals surface area contributed by atoms with E-state index in [0.29, 0.717) is 11.3 Å². The van der Waals surface area contributed by atoms with Crippen molar-refractivity contribution in [3.05, 3.63) is 35.1 Å². The number of nitrogens with zero attached hydrogens (tertiary/aromatic N) is 1. The third-order valence-electron chi connectivity index (χ3n) is 3.44. The molecule has 114 valence electrons. The van der Waals surface area contributed by atoms with Gasteiger partial charge in [0.2, 0.25) is 0 Å². The van der Waals surface area contributed by atoms with Crippen LogP contribution in [0.15, 0.2) is 18.2 Å². The number of thioether (sulfide) groups is 1. The van der Waals surface area contributed by atoms with Gasteiger partial charge in [0.15, 0.2) is 0 Å². The molecule has 4 nitrogen and oxygen atoms in total. The van der Waals surface area contributed by atoms with Crippen LogP contribution in [-0.2, 0) is 4.79 Å². The summed E-state index contributed by atoms with van der Waals surface area (Å²) < 4.78 is 13.5. The lowest BCUT2D eigenvalue weighted by Gasteiger charge is -2.27. The van der Waals surface area contributed by atoms with E-state index in [1.165, 1.54) is 28.8 Å². The third-order valence-corrected chi connectivity index (χ3v) is 4.79. The first-order chi connectivity index (χ1) is 9.93. The molecule has 1 heterocycles. The number of carboxylic acid groups (broad SMARTS) is 1. The summed E-state index contributed by atoms with van der Waals surface area (Å²) in [5.74, 6) is -1.53. The molecule has 0 radical (unpaired) electrons. The van der Waals surface area contributed by atoms with E-state index in [4.69, 9.17) is 0 Å². The maximum atomic E-state index is 13.5. The summed E-state index contributed by atoms with van der Waals surface area (Å²) >= 11 is 1.47. The second-order valence-electron chi connectivity index (χ2n) is 5.16. The zero-order chi connectivity index (χ0) is 15.6. The van der Waals surface area contributed by atoms with Crippen molar-refractivity contribution in [1.29, 1.82) is 0 Å². The number of amides is 1. The minimum Gasteiger partial charge on any atom is -0.480 e. The van der Waals surface area contributed by atoms with Gasteiger partial charge in [-0.3, -0.25) is 4.79 Å². The van der Waals surface area contributed by atoms with Crippen LogP contribution in [0.5, 0.6) is 0 Å². The van der Waals surface area contributed by atoms with Crippen LogP contribution in [0.2, 0.25) is 0 Å². The number of aryl methyl sites for hydroxylation is 1. The molecule has 1 aromatic carbocycles. The smallest absolute Gasteiger partial charge is 0.327 e. The Morgan fingerprint density at radius 2 is 2.14 bits per heavy atom. The predicted octanol–water partition coefficient (Wildman–Crippen LogP) is 2.90. The lowest BCUT2D eigenvalue weighted by Crippen LogP contribution is -2.45. The van der Waals surface area contributed by atoms with Crippen LogP contribution in [0.3, 0.4) is 0 Å². The van der Waals surface area contributed by atoms with Crippen molar-refractivity contribution in [2.45, 2.75) is 38.1 Å². The van der Waals surface area contributed by atoms with Crippen LogP contribution in [0.4, 0.5) is 4.39 Å². The van der Waals surface area contributed by atoms with Gasteiger partial charge in [0.25, 0.3) is 5.91 Å². The van der Waals surface area contributed by atoms with Gasteiger partial charge in [0.1, 0.15) is 11.9 Å². The second kappa shape index (κ2) is 6.47. The third kappa shape index (κ3) is 3.37. The fourth-order valence-corrected chi connectivity index (χ4v) is 4.02. The molecule has 0 aliphatic carbocycles. The average Bonchev–Trinajstić information content (AvgIpc) is 2.81. The minimum atomic E-state index is -1.01. The van der Waals surface area contributed by atoms with Gasteiger partial charge >= 0.3 is 5.97 Å². The highest BCUT2D eigenvalue weighted by atomic mass is 32.2. The Labute approximate surface area is 127 Å². The molecule has 1 aliphatic rings. The van der Waals surface area contributed by atoms with Crippen LogP contribution < -0.4 is 0 Å². The number of hydrogen-bond acceptors (Lipinski definition) is 3. The molecule has 1 aromatic rings. The van der Waals surface area contributed by atoms with E-state index in [1.807, 2.05) is 6.92 Å². The van der Waals surface area contributed by atoms with Gasteiger partial charge in [-0.1, -0.05) is 13.3 Å². The minimum absolute atomic E-state index is 0.160. The van der Waals surface area contributed by atoms with Gasteiger partial charge in [-0.2, -0.15) is 0 Å². The number of benzene rings is 1. The van der Waals surface area contributed by atoms with Gasteiger partial charge < -0.3 is 10.0 Å². The summed E-state index contributed by atoms with van der Waals surface area (Å²) in [6.45, 7) is 3.69. The van der Waals surface area contributed by atoms with Crippen LogP contribution in [-0.4, -0.2) is 39.1 Å². The maximum absolute atomic E-state index is 13.5. The Hall–Kier alpha value is -1.56. The molecule has 2 rings (SSSR count). The summed E-state index contributed by atoms with van der Waals surface area (Å²) in [4.78, 5) is 25.4. The highest BCUT2D eigenvalue weighted by Crippen LogP contribution is 2.33. The lowest BCUT2D eigenvalue weighted by molar-refractivity contribution is -0.141. The Morgan fingerprint density at radius 3 is 2.71 bits per heavy atom. The first-order valence-electron chi connectivity index (χ1n) is 6.88. The van der Waals surface area contributed by atoms with Crippen LogP contribution in [0.25, 0.3) is 0 Å². The summed E-state index contributed by atoms with van der Waals surface area (Å²) in [5, 5.41) is 9.13. The molecule has 1 N–H and O–H groups in total. The monoisotopic (exact) mass is 311 g/mol. The van der Waals surface area contributed by atoms with E-state index >= 15 is 0 Å². The second-order valence-corrected chi connectivity index (χ2v) is 6.37. The molecule has 0 bridgehead atoms. The fourth-order valence-electron chi connectivity index (χ4n) is 2.50. The number of hydrogen-bond donors (Lipinski definition) is 1. The molecule has 2 unspecified atom stereocenters. The topological polar surface area (TPSA) is 57.6 Å². The van der Waals surface area contributed by atoms with Crippen LogP contribution in [0.1, 0.15) is 35.7 Å². The van der Waals surface area contributed by atoms with E-state index in [-0.39, 0.29) is 10.9 Å². The van der Waals surface area contributed by atoms with Gasteiger partial charge in [-0.15, -0.1) is 11.8 Å². The SMILES string of the molecule is CCCC1SCC(C(=O)O)N1C(=O)c1cc(C)cc(F)c1. The number of carbonyl (C=O) groups excluding carboxylic acids is 1. The molecule has 6 heteroatoms. The molecule has 1 fully saturated rings. The van der Waals surface area contributed by atoms with Crippen molar-refractivity contribution >= 4 is 23.6 Å². The highest BCUT2D eigenvalue weighted by Gasteiger charge is 2.41. The van der Waals surface area contributed by atoms with E-state index in [0.717, 1.165) is 12.8 Å². The van der Waals surface area contributed by atoms with Crippen molar-refractivity contribution < 1.29 is 19.1 Å². The number of rotatable bonds is 4. The number of halogens is 1. The summed E-state index contributed by atoms with van der Waals surface area (Å²) in [6.07, 6.45) is 1.59. The molecule has 1 saturated heterocycles. The molecular weight excluding hydrogens is 293 g/mol. The molecule has 1 aliphatic heterocycles. The van der Waals surface area contributed by atoms with Gasteiger partial charge in [-0.05, 0) is 37.1 Å². The molecule has 2 atom stereocenters. The van der Waals surface area contributed by atoms with E-state index in [9.17, 15) is 19.1 Å². The van der Waals surface area contributed by atoms with E-state index in [1.54, 1.807) is 13.0 Å². The largest absolute Gasteiger partial charge is 0.480 e. The van der Waals surface area contributed by atoms with Crippen molar-refractivity contribution in [3.8, 4) is 0 Å². The highest BCUT2D eigenvalue weighted by molar-refractivity contribution is 8.00. The Morgan fingerprint density at radius 1 is 1.43 bits per heavy atom. The van der Waals surface area contributed by atoms with Crippen molar-refractivity contribution in [3.63, 3.8) is 0 Å². The Balaban J connectivity index is 2.34. The molecule has 0 saturated carbocycles. The zero-order valence-corrected chi connectivity index (χ0v) is 12.8. The summed E-state index contributed by atoms with van der Waals surface area (Å²) in [7, 11) is 0. The van der Waals surface area contributed by atoms with Gasteiger partial charge in [-0.25, -0.2) is 9.18 Å². The Bertz CT molecular complexity index is 544. The predicted molar refractivity (Wildman–Crippen MR) is 79.9 cm³/mol. The van der Waals surface area contributed by atoms with Crippen molar-refractivity contribution in [1.82, 2.24) is 4.90 Å². The maximum Gasteiger partial charge on any atom is 0.327 e. The fraction of sp³-hybridized carbons (Fsp3) is 0.467. The standard InChI is InChI=1S/C15H18FNO3S/c1-3-4-13-17(12(8-21-13)15(19)20)14(18)10-5-9(2)6-11(16)7-10/h5-7,12-13H,3-4,8H2,1-2H3,(H,19,20). The quantitative estimate of drug-likeness (QED) is 0.929. The first-order valence-corrected chi connectivity index (χ1v) is 7.93. The van der Waals surface area contributed by atoms with Gasteiger partial charge in [0, 0.05) is 11.3 Å². The van der Waals surface area contributed by atoms with E-state index in [2.05, 4.69) is 0 Å². The molecule has 1 amide bonds. The summed E-state index contributed by atoms with van der Waals surface area (Å²) in [5.41, 5.74) is 0.853. The number of aliphatic carboxylic acids is 1. The Kier molecular flexibility index (Phi) is 4.88. The van der Waals surface area contributed by atoms with Crippen LogP contribution >= 0.6 is 11.8 Å². The molecular formula is C15H18FNO3S. The van der Waals surface area contributed by atoms with Crippen LogP contribution in [0, 0.1) is 12.7 Å². The van der Waals surface area contributed by atoms with Crippen molar-refractivity contribution in [2.75, 3.05) is 5.75 Å². The molecule has 0 spiro atoms. The average molecular weight is 311 g/mol. The number of carbonyl (C=O) groups is 2. The molecule has 0 aromatic heterocycles. The normalized spacial score (nSPS) is 21.6.